The van der Waals surface area contributed by atoms with Crippen LogP contribution < -0.4 is 5.32 Å². The van der Waals surface area contributed by atoms with Crippen LogP contribution in [0.15, 0.2) is 54.6 Å². The van der Waals surface area contributed by atoms with Gasteiger partial charge in [-0.25, -0.2) is 9.59 Å². The van der Waals surface area contributed by atoms with E-state index in [1.54, 1.807) is 0 Å². The normalized spacial score (nSPS) is 13.2. The number of methoxy groups -OCH3 is 1. The number of amides is 1. The highest BCUT2D eigenvalue weighted by Gasteiger charge is 2.26. The molecule has 0 unspecified atom stereocenters. The van der Waals surface area contributed by atoms with Crippen molar-refractivity contribution in [3.05, 3.63) is 76.2 Å². The van der Waals surface area contributed by atoms with Gasteiger partial charge in [-0.3, -0.25) is 4.79 Å². The second kappa shape index (κ2) is 9.88. The Balaban J connectivity index is 1.38. The Bertz CT molecular complexity index is 1400. The van der Waals surface area contributed by atoms with Gasteiger partial charge in [0.1, 0.15) is 5.00 Å². The van der Waals surface area contributed by atoms with E-state index in [4.69, 9.17) is 9.47 Å². The molecule has 178 valence electrons. The summed E-state index contributed by atoms with van der Waals surface area (Å²) in [6.07, 6.45) is 4.83. The molecule has 0 bridgehead atoms. The molecule has 1 aliphatic carbocycles. The number of hydrogen-bond acceptors (Lipinski definition) is 6. The molecule has 1 amide bonds. The number of ether oxygens (including phenoxy) is 2. The third kappa shape index (κ3) is 4.51. The lowest BCUT2D eigenvalue weighted by Gasteiger charge is -2.12. The number of thiophene rings is 1. The number of carbonyl (C=O) groups excluding carboxylic acids is 3. The van der Waals surface area contributed by atoms with Crippen LogP contribution >= 0.6 is 11.3 Å². The number of rotatable bonds is 5. The number of carbonyl (C=O) groups is 3. The molecule has 6 nitrogen and oxygen atoms in total. The van der Waals surface area contributed by atoms with Gasteiger partial charge in [0.2, 0.25) is 0 Å². The number of fused-ring (bicyclic) bond motifs is 3. The summed E-state index contributed by atoms with van der Waals surface area (Å²) in [6, 6.07) is 17.2. The van der Waals surface area contributed by atoms with Crippen LogP contribution in [-0.4, -0.2) is 31.6 Å². The van der Waals surface area contributed by atoms with E-state index in [0.29, 0.717) is 16.1 Å². The van der Waals surface area contributed by atoms with Crippen LogP contribution in [0, 0.1) is 0 Å². The third-order valence-electron chi connectivity index (χ3n) is 6.37. The highest BCUT2D eigenvalue weighted by Crippen LogP contribution is 2.38. The highest BCUT2D eigenvalue weighted by atomic mass is 32.1. The van der Waals surface area contributed by atoms with E-state index in [1.165, 1.54) is 18.4 Å². The molecule has 5 rings (SSSR count). The molecule has 3 aromatic carbocycles. The van der Waals surface area contributed by atoms with E-state index in [9.17, 15) is 14.4 Å². The molecular formula is C28H25NO5S. The molecule has 0 radical (unpaired) electrons. The topological polar surface area (TPSA) is 81.7 Å². The Morgan fingerprint density at radius 1 is 0.857 bits per heavy atom. The van der Waals surface area contributed by atoms with Crippen molar-refractivity contribution in [2.45, 2.75) is 32.1 Å². The molecule has 4 aromatic rings. The van der Waals surface area contributed by atoms with Gasteiger partial charge in [-0.05, 0) is 58.9 Å². The minimum atomic E-state index is -0.566. The van der Waals surface area contributed by atoms with Crippen molar-refractivity contribution >= 4 is 55.7 Å². The van der Waals surface area contributed by atoms with Crippen LogP contribution in [0.3, 0.4) is 0 Å². The van der Waals surface area contributed by atoms with E-state index >= 15 is 0 Å². The molecule has 0 aliphatic heterocycles. The fraction of sp³-hybridized carbons (Fsp3) is 0.250. The molecule has 1 N–H and O–H groups in total. The zero-order valence-electron chi connectivity index (χ0n) is 19.4. The van der Waals surface area contributed by atoms with E-state index in [2.05, 4.69) is 5.32 Å². The summed E-state index contributed by atoms with van der Waals surface area (Å²) >= 11 is 1.41. The lowest BCUT2D eigenvalue weighted by Crippen LogP contribution is -2.22. The Morgan fingerprint density at radius 2 is 1.51 bits per heavy atom. The summed E-state index contributed by atoms with van der Waals surface area (Å²) in [5.41, 5.74) is 1.83. The van der Waals surface area contributed by atoms with Crippen molar-refractivity contribution < 1.29 is 23.9 Å². The van der Waals surface area contributed by atoms with E-state index in [0.717, 1.165) is 64.1 Å². The monoisotopic (exact) mass is 487 g/mol. The molecule has 35 heavy (non-hydrogen) atoms. The van der Waals surface area contributed by atoms with Crippen molar-refractivity contribution in [2.24, 2.45) is 0 Å². The first kappa shape index (κ1) is 23.1. The van der Waals surface area contributed by atoms with Crippen LogP contribution in [0.2, 0.25) is 0 Å². The zero-order valence-corrected chi connectivity index (χ0v) is 20.2. The van der Waals surface area contributed by atoms with Crippen molar-refractivity contribution in [3.63, 3.8) is 0 Å². The Kier molecular flexibility index (Phi) is 6.51. The summed E-state index contributed by atoms with van der Waals surface area (Å²) in [7, 11) is 1.34. The summed E-state index contributed by atoms with van der Waals surface area (Å²) in [5.74, 6) is -1.52. The molecular weight excluding hydrogens is 462 g/mol. The fourth-order valence-corrected chi connectivity index (χ4v) is 6.04. The van der Waals surface area contributed by atoms with Crippen molar-refractivity contribution in [2.75, 3.05) is 19.0 Å². The summed E-state index contributed by atoms with van der Waals surface area (Å²) in [6.45, 7) is -0.459. The molecule has 0 saturated carbocycles. The second-order valence-electron chi connectivity index (χ2n) is 8.58. The van der Waals surface area contributed by atoms with Gasteiger partial charge in [0.25, 0.3) is 5.91 Å². The van der Waals surface area contributed by atoms with Gasteiger partial charge in [0.05, 0.1) is 18.2 Å². The van der Waals surface area contributed by atoms with Gasteiger partial charge in [0, 0.05) is 4.88 Å². The minimum Gasteiger partial charge on any atom is -0.465 e. The Hall–Kier alpha value is -3.71. The van der Waals surface area contributed by atoms with Gasteiger partial charge in [0.15, 0.2) is 6.61 Å². The SMILES string of the molecule is COC(=O)c1c(NC(=O)COC(=O)c2c3ccccc3cc3ccccc23)sc2c1CCCCC2. The predicted octanol–water partition coefficient (Wildman–Crippen LogP) is 5.91. The summed E-state index contributed by atoms with van der Waals surface area (Å²) < 4.78 is 10.5. The van der Waals surface area contributed by atoms with Gasteiger partial charge in [-0.2, -0.15) is 0 Å². The maximum atomic E-state index is 13.2. The van der Waals surface area contributed by atoms with Crippen LogP contribution in [0.4, 0.5) is 5.00 Å². The first-order valence-corrected chi connectivity index (χ1v) is 12.5. The van der Waals surface area contributed by atoms with Gasteiger partial charge in [-0.15, -0.1) is 11.3 Å². The molecule has 1 aliphatic rings. The Morgan fingerprint density at radius 3 is 2.20 bits per heavy atom. The summed E-state index contributed by atoms with van der Waals surface area (Å²) in [4.78, 5) is 39.6. The largest absolute Gasteiger partial charge is 0.465 e. The molecule has 0 saturated heterocycles. The first-order chi connectivity index (χ1) is 17.1. The minimum absolute atomic E-state index is 0.425. The maximum absolute atomic E-state index is 13.2. The van der Waals surface area contributed by atoms with Crippen LogP contribution in [-0.2, 0) is 27.1 Å². The van der Waals surface area contributed by atoms with Crippen molar-refractivity contribution in [3.8, 4) is 0 Å². The predicted molar refractivity (Wildman–Crippen MR) is 137 cm³/mol. The quantitative estimate of drug-likeness (QED) is 0.215. The molecule has 1 heterocycles. The Labute approximate surface area is 206 Å². The lowest BCUT2D eigenvalue weighted by molar-refractivity contribution is -0.119. The van der Waals surface area contributed by atoms with E-state index in [-0.39, 0.29) is 0 Å². The van der Waals surface area contributed by atoms with Crippen LogP contribution in [0.5, 0.6) is 0 Å². The average molecular weight is 488 g/mol. The number of anilines is 1. The van der Waals surface area contributed by atoms with Crippen LogP contribution in [0.25, 0.3) is 21.5 Å². The highest BCUT2D eigenvalue weighted by molar-refractivity contribution is 7.17. The fourth-order valence-electron chi connectivity index (χ4n) is 4.75. The zero-order chi connectivity index (χ0) is 24.4. The number of aryl methyl sites for hydroxylation is 1. The lowest BCUT2D eigenvalue weighted by atomic mass is 9.97. The van der Waals surface area contributed by atoms with Gasteiger partial charge >= 0.3 is 11.9 Å². The number of hydrogen-bond donors (Lipinski definition) is 1. The van der Waals surface area contributed by atoms with Gasteiger partial charge < -0.3 is 14.8 Å². The van der Waals surface area contributed by atoms with Gasteiger partial charge in [-0.1, -0.05) is 55.0 Å². The molecule has 0 fully saturated rings. The standard InChI is InChI=1S/C28H25NO5S/c1-33-27(31)25-21-13-3-2-4-14-22(21)35-26(25)29-23(30)16-34-28(32)24-19-11-7-5-9-17(19)15-18-10-6-8-12-20(18)24/h5-12,15H,2-4,13-14,16H2,1H3,(H,29,30). The number of esters is 2. The first-order valence-electron chi connectivity index (χ1n) is 11.7. The molecule has 1 aromatic heterocycles. The van der Waals surface area contributed by atoms with Crippen LogP contribution in [0.1, 0.15) is 50.4 Å². The van der Waals surface area contributed by atoms with E-state index < -0.39 is 24.5 Å². The molecule has 7 heteroatoms. The van der Waals surface area contributed by atoms with Crippen molar-refractivity contribution in [1.29, 1.82) is 0 Å². The summed E-state index contributed by atoms with van der Waals surface area (Å²) in [5, 5.41) is 6.63. The molecule has 0 spiro atoms. The third-order valence-corrected chi connectivity index (χ3v) is 7.58. The number of nitrogens with one attached hydrogen (secondary N) is 1. The smallest absolute Gasteiger partial charge is 0.341 e. The maximum Gasteiger partial charge on any atom is 0.341 e. The average Bonchev–Trinajstić information content (AvgIpc) is 3.04. The second-order valence-corrected chi connectivity index (χ2v) is 9.68. The molecule has 0 atom stereocenters. The van der Waals surface area contributed by atoms with Crippen molar-refractivity contribution in [1.82, 2.24) is 0 Å². The van der Waals surface area contributed by atoms with E-state index in [1.807, 2.05) is 54.6 Å². The number of benzene rings is 3.